The minimum atomic E-state index is -0.776. The van der Waals surface area contributed by atoms with Crippen molar-refractivity contribution < 1.29 is 28.6 Å². The maximum Gasteiger partial charge on any atom is 0.410 e. The van der Waals surface area contributed by atoms with Crippen LogP contribution in [0.4, 0.5) is 9.18 Å². The molecule has 4 rings (SSSR count). The van der Waals surface area contributed by atoms with E-state index in [1.54, 1.807) is 23.1 Å². The van der Waals surface area contributed by atoms with Gasteiger partial charge in [-0.1, -0.05) is 43.3 Å². The number of carbonyl (C=O) groups is 3. The molecule has 2 aromatic carbocycles. The summed E-state index contributed by atoms with van der Waals surface area (Å²) in [6.07, 6.45) is 2.87. The lowest BCUT2D eigenvalue weighted by Gasteiger charge is -2.35. The zero-order valence-electron chi connectivity index (χ0n) is 20.0. The molecule has 1 N–H and O–H groups in total. The molecule has 2 aliphatic rings. The van der Waals surface area contributed by atoms with E-state index in [2.05, 4.69) is 0 Å². The van der Waals surface area contributed by atoms with Crippen molar-refractivity contribution in [2.24, 2.45) is 11.8 Å². The van der Waals surface area contributed by atoms with Crippen molar-refractivity contribution in [3.8, 4) is 0 Å². The van der Waals surface area contributed by atoms with Crippen molar-refractivity contribution in [3.63, 3.8) is 0 Å². The molecule has 7 heteroatoms. The largest absolute Gasteiger partial charge is 0.481 e. The first kappa shape index (κ1) is 24.9. The van der Waals surface area contributed by atoms with E-state index in [9.17, 15) is 18.8 Å². The average molecular weight is 482 g/mol. The summed E-state index contributed by atoms with van der Waals surface area (Å²) in [5.74, 6) is -0.892. The molecule has 1 saturated carbocycles. The van der Waals surface area contributed by atoms with E-state index < -0.39 is 5.97 Å². The number of hydrogen-bond acceptors (Lipinski definition) is 4. The van der Waals surface area contributed by atoms with Gasteiger partial charge in [0.2, 0.25) is 0 Å². The number of carboxylic acid groups (broad SMARTS) is 1. The number of ether oxygens (including phenoxy) is 1. The lowest BCUT2D eigenvalue weighted by molar-refractivity contribution is -0.138. The van der Waals surface area contributed by atoms with Crippen LogP contribution < -0.4 is 0 Å². The summed E-state index contributed by atoms with van der Waals surface area (Å²) in [6.45, 7) is 3.02. The molecule has 0 radical (unpaired) electrons. The van der Waals surface area contributed by atoms with E-state index in [-0.39, 0.29) is 54.9 Å². The summed E-state index contributed by atoms with van der Waals surface area (Å²) >= 11 is 0. The van der Waals surface area contributed by atoms with Crippen molar-refractivity contribution in [2.75, 3.05) is 6.54 Å². The molecule has 0 saturated heterocycles. The van der Waals surface area contributed by atoms with Gasteiger partial charge in [-0.15, -0.1) is 0 Å². The number of hydrogen-bond donors (Lipinski definition) is 1. The second-order valence-corrected chi connectivity index (χ2v) is 9.93. The van der Waals surface area contributed by atoms with Gasteiger partial charge in [0.05, 0.1) is 0 Å². The topological polar surface area (TPSA) is 83.9 Å². The van der Waals surface area contributed by atoms with Crippen LogP contribution in [-0.2, 0) is 40.1 Å². The Morgan fingerprint density at radius 1 is 1.09 bits per heavy atom. The van der Waals surface area contributed by atoms with Crippen LogP contribution in [0.3, 0.4) is 0 Å². The predicted molar refractivity (Wildman–Crippen MR) is 128 cm³/mol. The summed E-state index contributed by atoms with van der Waals surface area (Å²) in [4.78, 5) is 38.0. The number of carbonyl (C=O) groups excluding carboxylic acids is 2. The summed E-state index contributed by atoms with van der Waals surface area (Å²) in [6, 6.07) is 12.2. The quantitative estimate of drug-likeness (QED) is 0.605. The summed E-state index contributed by atoms with van der Waals surface area (Å²) in [5.41, 5.74) is 3.46. The number of carboxylic acids is 1. The van der Waals surface area contributed by atoms with E-state index >= 15 is 0 Å². The van der Waals surface area contributed by atoms with Gasteiger partial charge in [0.25, 0.3) is 0 Å². The predicted octanol–water partition coefficient (Wildman–Crippen LogP) is 4.95. The second kappa shape index (κ2) is 11.0. The molecule has 1 aliphatic heterocycles. The fraction of sp³-hybridized carbons (Fsp3) is 0.464. The number of halogens is 1. The van der Waals surface area contributed by atoms with E-state index in [0.717, 1.165) is 29.5 Å². The van der Waals surface area contributed by atoms with E-state index in [4.69, 9.17) is 9.84 Å². The summed E-state index contributed by atoms with van der Waals surface area (Å²) in [7, 11) is 0. The number of Topliss-reactive ketones (excluding diaryl/α,β-unsaturated/α-hetero) is 1. The Morgan fingerprint density at radius 2 is 1.89 bits per heavy atom. The Labute approximate surface area is 205 Å². The first-order valence-electron chi connectivity index (χ1n) is 12.3. The van der Waals surface area contributed by atoms with Crippen LogP contribution in [0.5, 0.6) is 0 Å². The van der Waals surface area contributed by atoms with E-state index in [0.29, 0.717) is 31.5 Å². The molecule has 35 heavy (non-hydrogen) atoms. The van der Waals surface area contributed by atoms with Crippen molar-refractivity contribution in [1.82, 2.24) is 4.90 Å². The molecule has 2 aromatic rings. The molecule has 1 amide bonds. The molecule has 3 atom stereocenters. The average Bonchev–Trinajstić information content (AvgIpc) is 2.81. The van der Waals surface area contributed by atoms with E-state index in [1.807, 2.05) is 25.1 Å². The Balaban J connectivity index is 1.30. The van der Waals surface area contributed by atoms with Gasteiger partial charge in [-0.05, 0) is 65.8 Å². The highest BCUT2D eigenvalue weighted by Crippen LogP contribution is 2.33. The minimum Gasteiger partial charge on any atom is -0.481 e. The third kappa shape index (κ3) is 6.47. The van der Waals surface area contributed by atoms with Crippen LogP contribution in [-0.4, -0.2) is 40.5 Å². The maximum atomic E-state index is 13.8. The first-order valence-corrected chi connectivity index (χ1v) is 12.3. The minimum absolute atomic E-state index is 0.0386. The number of nitrogens with zero attached hydrogens (tertiary/aromatic N) is 1. The molecule has 1 aliphatic carbocycles. The number of rotatable bonds is 7. The smallest absolute Gasteiger partial charge is 0.410 e. The Hall–Kier alpha value is -3.22. The monoisotopic (exact) mass is 481 g/mol. The lowest BCUT2D eigenvalue weighted by atomic mass is 9.79. The molecular formula is C28H32FNO5. The Bertz CT molecular complexity index is 1100. The van der Waals surface area contributed by atoms with Gasteiger partial charge in [-0.25, -0.2) is 9.18 Å². The van der Waals surface area contributed by atoms with Gasteiger partial charge in [-0.3, -0.25) is 9.59 Å². The maximum absolute atomic E-state index is 13.8. The van der Waals surface area contributed by atoms with E-state index in [1.165, 1.54) is 6.07 Å². The molecule has 1 fully saturated rings. The number of aliphatic carboxylic acids is 1. The van der Waals surface area contributed by atoms with Crippen LogP contribution in [0.15, 0.2) is 42.5 Å². The van der Waals surface area contributed by atoms with Gasteiger partial charge in [0, 0.05) is 32.4 Å². The summed E-state index contributed by atoms with van der Waals surface area (Å²) < 4.78 is 19.6. The van der Waals surface area contributed by atoms with Crippen molar-refractivity contribution in [2.45, 2.75) is 64.5 Å². The number of benzene rings is 2. The highest BCUT2D eigenvalue weighted by atomic mass is 19.1. The molecule has 0 spiro atoms. The zero-order chi connectivity index (χ0) is 24.9. The third-order valence-corrected chi connectivity index (χ3v) is 7.20. The molecule has 0 unspecified atom stereocenters. The molecule has 0 bridgehead atoms. The lowest BCUT2D eigenvalue weighted by Crippen LogP contribution is -2.41. The highest BCUT2D eigenvalue weighted by Gasteiger charge is 2.33. The Kier molecular flexibility index (Phi) is 7.83. The number of amides is 1. The van der Waals surface area contributed by atoms with Gasteiger partial charge in [0.15, 0.2) is 0 Å². The van der Waals surface area contributed by atoms with Gasteiger partial charge < -0.3 is 14.7 Å². The standard InChI is InChI=1S/C28H32FNO5/c1-18-12-19(15-27(32)33)7-9-26(18)35-28(34)30-11-10-21-13-20(6-8-23(21)17-30)14-24(31)16-22-4-2-3-5-25(22)29/h2-6,8,13,18-19,26H,7,9-12,14-17H2,1H3,(H,32,33)/t18-,19-,26-/m1/s1. The van der Waals surface area contributed by atoms with Crippen LogP contribution >= 0.6 is 0 Å². The number of fused-ring (bicyclic) bond motifs is 1. The van der Waals surface area contributed by atoms with Crippen molar-refractivity contribution in [1.29, 1.82) is 0 Å². The van der Waals surface area contributed by atoms with Crippen LogP contribution in [0.25, 0.3) is 0 Å². The Morgan fingerprint density at radius 3 is 2.63 bits per heavy atom. The number of ketones is 1. The van der Waals surface area contributed by atoms with Crippen molar-refractivity contribution in [3.05, 3.63) is 70.5 Å². The van der Waals surface area contributed by atoms with Crippen LogP contribution in [0.1, 0.15) is 54.9 Å². The molecular weight excluding hydrogens is 449 g/mol. The SMILES string of the molecule is C[C@@H]1C[C@H](CC(=O)O)CC[C@H]1OC(=O)N1CCc2cc(CC(=O)Cc3ccccc3F)ccc2C1. The van der Waals surface area contributed by atoms with Gasteiger partial charge >= 0.3 is 12.1 Å². The normalized spacial score (nSPS) is 21.8. The van der Waals surface area contributed by atoms with Crippen molar-refractivity contribution >= 4 is 17.8 Å². The fourth-order valence-electron chi connectivity index (χ4n) is 5.31. The van der Waals surface area contributed by atoms with Crippen LogP contribution in [0, 0.1) is 17.7 Å². The molecule has 1 heterocycles. The van der Waals surface area contributed by atoms with Gasteiger partial charge in [-0.2, -0.15) is 0 Å². The van der Waals surface area contributed by atoms with Gasteiger partial charge in [0.1, 0.15) is 17.7 Å². The summed E-state index contributed by atoms with van der Waals surface area (Å²) in [5, 5.41) is 9.02. The first-order chi connectivity index (χ1) is 16.8. The fourth-order valence-corrected chi connectivity index (χ4v) is 5.31. The third-order valence-electron chi connectivity index (χ3n) is 7.20. The zero-order valence-corrected chi connectivity index (χ0v) is 20.0. The molecule has 6 nitrogen and oxygen atoms in total. The van der Waals surface area contributed by atoms with Crippen LogP contribution in [0.2, 0.25) is 0 Å². The molecule has 186 valence electrons. The second-order valence-electron chi connectivity index (χ2n) is 9.93. The highest BCUT2D eigenvalue weighted by molar-refractivity contribution is 5.83. The molecule has 0 aromatic heterocycles.